The molecular weight excluding hydrogens is 396 g/mol. The average molecular weight is 435 g/mol. The van der Waals surface area contributed by atoms with Gasteiger partial charge in [-0.05, 0) is 38.5 Å². The van der Waals surface area contributed by atoms with E-state index in [1.807, 2.05) is 31.7 Å². The van der Waals surface area contributed by atoms with Crippen molar-refractivity contribution >= 4 is 11.8 Å². The van der Waals surface area contributed by atoms with Crippen LogP contribution in [0.2, 0.25) is 0 Å². The Morgan fingerprint density at radius 1 is 0.968 bits per heavy atom. The summed E-state index contributed by atoms with van der Waals surface area (Å²) in [5.41, 5.74) is 2.30. The van der Waals surface area contributed by atoms with Crippen LogP contribution in [0, 0.1) is 0 Å². The molecule has 1 atom stereocenters. The van der Waals surface area contributed by atoms with E-state index in [4.69, 9.17) is 9.47 Å². The molecule has 3 N–H and O–H groups in total. The van der Waals surface area contributed by atoms with Crippen molar-refractivity contribution in [2.75, 3.05) is 60.0 Å². The second-order valence-corrected chi connectivity index (χ2v) is 9.69. The molecular formula is C23H38N4O4+2. The van der Waals surface area contributed by atoms with E-state index in [0.29, 0.717) is 26.2 Å². The zero-order valence-corrected chi connectivity index (χ0v) is 19.6. The molecule has 3 rings (SSSR count). The van der Waals surface area contributed by atoms with E-state index in [1.165, 1.54) is 20.9 Å². The first kappa shape index (κ1) is 23.3. The van der Waals surface area contributed by atoms with E-state index >= 15 is 0 Å². The lowest BCUT2D eigenvalue weighted by Crippen LogP contribution is -3.16. The van der Waals surface area contributed by atoms with Crippen molar-refractivity contribution in [3.8, 4) is 11.5 Å². The Hall–Kier alpha value is -2.32. The van der Waals surface area contributed by atoms with Crippen molar-refractivity contribution in [3.05, 3.63) is 23.3 Å². The SMILES string of the molecule is COc1cc2c(cc1OC)C[NH+](CC(=O)N1CC[NH+](CC(=O)NC(C)(C)C)CC1)CC2. The van der Waals surface area contributed by atoms with Crippen LogP contribution >= 0.6 is 0 Å². The van der Waals surface area contributed by atoms with E-state index < -0.39 is 0 Å². The summed E-state index contributed by atoms with van der Waals surface area (Å²) in [4.78, 5) is 29.5. The maximum atomic E-state index is 12.9. The number of hydrogen-bond acceptors (Lipinski definition) is 4. The number of carbonyl (C=O) groups is 2. The number of carbonyl (C=O) groups excluding carboxylic acids is 2. The Bertz CT molecular complexity index is 798. The first-order valence-electron chi connectivity index (χ1n) is 11.2. The first-order valence-corrected chi connectivity index (χ1v) is 11.2. The number of amides is 2. The summed E-state index contributed by atoms with van der Waals surface area (Å²) in [7, 11) is 3.30. The fourth-order valence-corrected chi connectivity index (χ4v) is 4.44. The van der Waals surface area contributed by atoms with Gasteiger partial charge in [0, 0.05) is 17.5 Å². The molecule has 1 fully saturated rings. The summed E-state index contributed by atoms with van der Waals surface area (Å²) in [5, 5.41) is 3.02. The van der Waals surface area contributed by atoms with Crippen LogP contribution in [0.3, 0.4) is 0 Å². The van der Waals surface area contributed by atoms with Crippen LogP contribution in [0.25, 0.3) is 0 Å². The second-order valence-electron chi connectivity index (χ2n) is 9.69. The lowest BCUT2D eigenvalue weighted by molar-refractivity contribution is -0.909. The molecule has 2 aliphatic rings. The minimum absolute atomic E-state index is 0.0748. The van der Waals surface area contributed by atoms with Crippen LogP contribution < -0.4 is 24.6 Å². The molecule has 1 unspecified atom stereocenters. The Morgan fingerprint density at radius 3 is 2.16 bits per heavy atom. The molecule has 2 heterocycles. The van der Waals surface area contributed by atoms with Gasteiger partial charge in [0.25, 0.3) is 11.8 Å². The second kappa shape index (κ2) is 9.87. The van der Waals surface area contributed by atoms with Crippen LogP contribution in [0.1, 0.15) is 31.9 Å². The monoisotopic (exact) mass is 434 g/mol. The van der Waals surface area contributed by atoms with Gasteiger partial charge in [-0.1, -0.05) is 0 Å². The van der Waals surface area contributed by atoms with Gasteiger partial charge in [0.1, 0.15) is 6.54 Å². The minimum Gasteiger partial charge on any atom is -0.493 e. The van der Waals surface area contributed by atoms with Gasteiger partial charge in [0.05, 0.1) is 46.9 Å². The third-order valence-electron chi connectivity index (χ3n) is 6.04. The highest BCUT2D eigenvalue weighted by molar-refractivity contribution is 5.78. The van der Waals surface area contributed by atoms with E-state index in [2.05, 4.69) is 11.4 Å². The van der Waals surface area contributed by atoms with E-state index in [0.717, 1.165) is 44.1 Å². The van der Waals surface area contributed by atoms with Crippen molar-refractivity contribution in [2.45, 2.75) is 39.3 Å². The molecule has 1 saturated heterocycles. The fourth-order valence-electron chi connectivity index (χ4n) is 4.44. The number of ether oxygens (including phenoxy) is 2. The molecule has 8 nitrogen and oxygen atoms in total. The van der Waals surface area contributed by atoms with E-state index in [1.54, 1.807) is 14.2 Å². The molecule has 0 saturated carbocycles. The van der Waals surface area contributed by atoms with Crippen LogP contribution in [0.15, 0.2) is 12.1 Å². The van der Waals surface area contributed by atoms with Crippen molar-refractivity contribution in [1.29, 1.82) is 0 Å². The maximum Gasteiger partial charge on any atom is 0.278 e. The molecule has 2 aliphatic heterocycles. The zero-order valence-electron chi connectivity index (χ0n) is 19.6. The lowest BCUT2D eigenvalue weighted by atomic mass is 9.98. The van der Waals surface area contributed by atoms with Gasteiger partial charge in [-0.25, -0.2) is 0 Å². The number of fused-ring (bicyclic) bond motifs is 1. The predicted molar refractivity (Wildman–Crippen MR) is 118 cm³/mol. The van der Waals surface area contributed by atoms with Crippen LogP contribution in [-0.4, -0.2) is 82.3 Å². The summed E-state index contributed by atoms with van der Waals surface area (Å²) in [6, 6.07) is 4.10. The van der Waals surface area contributed by atoms with Gasteiger partial charge >= 0.3 is 0 Å². The van der Waals surface area contributed by atoms with Gasteiger partial charge in [-0.15, -0.1) is 0 Å². The quantitative estimate of drug-likeness (QED) is 0.498. The number of hydrogen-bond donors (Lipinski definition) is 3. The molecule has 2 amide bonds. The molecule has 0 aliphatic carbocycles. The largest absolute Gasteiger partial charge is 0.493 e. The number of benzene rings is 1. The van der Waals surface area contributed by atoms with Crippen LogP contribution in [-0.2, 0) is 22.6 Å². The number of quaternary nitrogens is 2. The summed E-state index contributed by atoms with van der Waals surface area (Å²) in [6.45, 7) is 11.8. The van der Waals surface area contributed by atoms with Crippen molar-refractivity contribution < 1.29 is 28.9 Å². The van der Waals surface area contributed by atoms with E-state index in [-0.39, 0.29) is 17.4 Å². The number of methoxy groups -OCH3 is 2. The Kier molecular flexibility index (Phi) is 7.43. The number of nitrogens with zero attached hydrogens (tertiary/aromatic N) is 1. The van der Waals surface area contributed by atoms with Crippen molar-refractivity contribution in [2.24, 2.45) is 0 Å². The Balaban J connectivity index is 1.48. The number of rotatable bonds is 6. The van der Waals surface area contributed by atoms with Crippen molar-refractivity contribution in [3.63, 3.8) is 0 Å². The molecule has 8 heteroatoms. The minimum atomic E-state index is -0.209. The van der Waals surface area contributed by atoms with Crippen molar-refractivity contribution in [1.82, 2.24) is 10.2 Å². The standard InChI is InChI=1S/C23H36N4O4/c1-23(2,3)24-21(28)15-25-8-10-27(11-9-25)22(29)16-26-7-6-17-12-19(30-4)20(31-5)13-18(17)14-26/h12-13H,6-11,14-16H2,1-5H3,(H,24,28)/p+2. The van der Waals surface area contributed by atoms with Crippen LogP contribution in [0.4, 0.5) is 0 Å². The third-order valence-corrected chi connectivity index (χ3v) is 6.04. The molecule has 0 spiro atoms. The Labute approximate surface area is 185 Å². The fraction of sp³-hybridized carbons (Fsp3) is 0.652. The maximum absolute atomic E-state index is 12.9. The highest BCUT2D eigenvalue weighted by Gasteiger charge is 2.30. The summed E-state index contributed by atoms with van der Waals surface area (Å²) in [6.07, 6.45) is 0.930. The summed E-state index contributed by atoms with van der Waals surface area (Å²) < 4.78 is 10.8. The van der Waals surface area contributed by atoms with Crippen LogP contribution in [0.5, 0.6) is 11.5 Å². The van der Waals surface area contributed by atoms with Gasteiger partial charge in [-0.2, -0.15) is 0 Å². The molecule has 1 aromatic carbocycles. The molecule has 31 heavy (non-hydrogen) atoms. The van der Waals surface area contributed by atoms with Gasteiger partial charge < -0.3 is 29.5 Å². The highest BCUT2D eigenvalue weighted by atomic mass is 16.5. The van der Waals surface area contributed by atoms with Gasteiger partial charge in [0.2, 0.25) is 0 Å². The van der Waals surface area contributed by atoms with Gasteiger partial charge in [-0.3, -0.25) is 9.59 Å². The van der Waals surface area contributed by atoms with E-state index in [9.17, 15) is 9.59 Å². The summed E-state index contributed by atoms with van der Waals surface area (Å²) in [5.74, 6) is 1.78. The first-order chi connectivity index (χ1) is 14.7. The number of piperazine rings is 1. The topological polar surface area (TPSA) is 76.8 Å². The lowest BCUT2D eigenvalue weighted by Gasteiger charge is -2.33. The molecule has 172 valence electrons. The normalized spacial score (nSPS) is 19.5. The van der Waals surface area contributed by atoms with Gasteiger partial charge in [0.15, 0.2) is 24.6 Å². The highest BCUT2D eigenvalue weighted by Crippen LogP contribution is 2.31. The Morgan fingerprint density at radius 2 is 1.58 bits per heavy atom. The smallest absolute Gasteiger partial charge is 0.278 e. The zero-order chi connectivity index (χ0) is 22.6. The molecule has 0 bridgehead atoms. The average Bonchev–Trinajstić information content (AvgIpc) is 2.71. The summed E-state index contributed by atoms with van der Waals surface area (Å²) >= 11 is 0. The molecule has 0 radical (unpaired) electrons. The predicted octanol–water partition coefficient (Wildman–Crippen LogP) is -1.71. The molecule has 1 aromatic rings. The molecule has 0 aromatic heterocycles. The third kappa shape index (κ3) is 6.33. The number of nitrogens with one attached hydrogen (secondary N) is 3.